The van der Waals surface area contributed by atoms with E-state index in [0.717, 1.165) is 0 Å². The topological polar surface area (TPSA) is 79.7 Å². The molecule has 1 aliphatic rings. The van der Waals surface area contributed by atoms with Crippen molar-refractivity contribution in [3.05, 3.63) is 28.5 Å². The minimum Gasteiger partial charge on any atom is -0.481 e. The van der Waals surface area contributed by atoms with Gasteiger partial charge in [-0.2, -0.15) is 0 Å². The molecule has 1 saturated heterocycles. The fourth-order valence-corrected chi connectivity index (χ4v) is 2.35. The van der Waals surface area contributed by atoms with Crippen LogP contribution in [0.5, 0.6) is 0 Å². The molecule has 2 rings (SSSR count). The molecule has 102 valence electrons. The Morgan fingerprint density at radius 3 is 3.00 bits per heavy atom. The fraction of sp³-hybridized carbons (Fsp3) is 0.417. The van der Waals surface area contributed by atoms with Gasteiger partial charge >= 0.3 is 5.97 Å². The standard InChI is InChI=1S/C12H13BrN2O4/c13-9-3-8(5-14-6-9)12(18)15-1-2-19-7-10(15)4-11(16)17/h3,5-6,10H,1-2,4,7H2,(H,16,17). The van der Waals surface area contributed by atoms with Gasteiger partial charge in [0.2, 0.25) is 0 Å². The lowest BCUT2D eigenvalue weighted by Crippen LogP contribution is -2.49. The van der Waals surface area contributed by atoms with E-state index in [0.29, 0.717) is 23.2 Å². The van der Waals surface area contributed by atoms with Gasteiger partial charge in [-0.25, -0.2) is 0 Å². The van der Waals surface area contributed by atoms with E-state index in [9.17, 15) is 9.59 Å². The molecule has 1 aromatic rings. The Balaban J connectivity index is 2.17. The number of hydrogen-bond acceptors (Lipinski definition) is 4. The highest BCUT2D eigenvalue weighted by Crippen LogP contribution is 2.17. The van der Waals surface area contributed by atoms with Crippen molar-refractivity contribution in [3.8, 4) is 0 Å². The molecule has 1 aliphatic heterocycles. The van der Waals surface area contributed by atoms with Crippen LogP contribution in [0.2, 0.25) is 0 Å². The summed E-state index contributed by atoms with van der Waals surface area (Å²) >= 11 is 3.26. The summed E-state index contributed by atoms with van der Waals surface area (Å²) in [6.45, 7) is 1.06. The number of carbonyl (C=O) groups excluding carboxylic acids is 1. The van der Waals surface area contributed by atoms with Crippen LogP contribution in [0.4, 0.5) is 0 Å². The van der Waals surface area contributed by atoms with E-state index in [-0.39, 0.29) is 18.9 Å². The number of halogens is 1. The number of ether oxygens (including phenoxy) is 1. The molecule has 1 atom stereocenters. The first kappa shape index (κ1) is 14.0. The monoisotopic (exact) mass is 328 g/mol. The summed E-state index contributed by atoms with van der Waals surface area (Å²) in [4.78, 5) is 28.7. The summed E-state index contributed by atoms with van der Waals surface area (Å²) in [5, 5.41) is 8.87. The number of nitrogens with zero attached hydrogens (tertiary/aromatic N) is 2. The number of rotatable bonds is 3. The SMILES string of the molecule is O=C(O)CC1COCCN1C(=O)c1cncc(Br)c1. The van der Waals surface area contributed by atoms with E-state index in [2.05, 4.69) is 20.9 Å². The molecule has 6 nitrogen and oxygen atoms in total. The number of carbonyl (C=O) groups is 2. The molecule has 0 spiro atoms. The van der Waals surface area contributed by atoms with Crippen molar-refractivity contribution < 1.29 is 19.4 Å². The molecule has 1 unspecified atom stereocenters. The molecule has 2 heterocycles. The zero-order valence-corrected chi connectivity index (χ0v) is 11.7. The minimum atomic E-state index is -0.944. The molecule has 1 amide bonds. The maximum Gasteiger partial charge on any atom is 0.305 e. The highest BCUT2D eigenvalue weighted by Gasteiger charge is 2.29. The van der Waals surface area contributed by atoms with Gasteiger partial charge in [-0.3, -0.25) is 14.6 Å². The third-order valence-corrected chi connectivity index (χ3v) is 3.28. The quantitative estimate of drug-likeness (QED) is 0.900. The van der Waals surface area contributed by atoms with Gasteiger partial charge in [-0.05, 0) is 22.0 Å². The number of pyridine rings is 1. The summed E-state index contributed by atoms with van der Waals surface area (Å²) in [5.41, 5.74) is 0.437. The maximum atomic E-state index is 12.4. The van der Waals surface area contributed by atoms with Crippen molar-refractivity contribution in [2.75, 3.05) is 19.8 Å². The van der Waals surface area contributed by atoms with E-state index >= 15 is 0 Å². The molecule has 7 heteroatoms. The Morgan fingerprint density at radius 1 is 1.53 bits per heavy atom. The lowest BCUT2D eigenvalue weighted by molar-refractivity contribution is -0.139. The Kier molecular flexibility index (Phi) is 4.49. The van der Waals surface area contributed by atoms with E-state index in [1.807, 2.05) is 0 Å². The second-order valence-corrected chi connectivity index (χ2v) is 5.13. The predicted molar refractivity (Wildman–Crippen MR) is 69.8 cm³/mol. The first-order valence-electron chi connectivity index (χ1n) is 5.79. The molecule has 0 aliphatic carbocycles. The average molecular weight is 329 g/mol. The number of aliphatic carboxylic acids is 1. The molecule has 1 N–H and O–H groups in total. The number of amides is 1. The number of carboxylic acid groups (broad SMARTS) is 1. The fourth-order valence-electron chi connectivity index (χ4n) is 1.99. The van der Waals surface area contributed by atoms with Crippen LogP contribution in [0.1, 0.15) is 16.8 Å². The second-order valence-electron chi connectivity index (χ2n) is 4.22. The van der Waals surface area contributed by atoms with E-state index < -0.39 is 12.0 Å². The van der Waals surface area contributed by atoms with Gasteiger partial charge in [0.15, 0.2) is 0 Å². The lowest BCUT2D eigenvalue weighted by Gasteiger charge is -2.34. The summed E-state index contributed by atoms with van der Waals surface area (Å²) in [6.07, 6.45) is 2.94. The van der Waals surface area contributed by atoms with Crippen LogP contribution in [-0.4, -0.2) is 52.7 Å². The largest absolute Gasteiger partial charge is 0.481 e. The Morgan fingerprint density at radius 2 is 2.32 bits per heavy atom. The van der Waals surface area contributed by atoms with Crippen molar-refractivity contribution in [3.63, 3.8) is 0 Å². The molecular formula is C12H13BrN2O4. The molecule has 1 fully saturated rings. The van der Waals surface area contributed by atoms with Crippen LogP contribution < -0.4 is 0 Å². The van der Waals surface area contributed by atoms with Crippen LogP contribution in [0, 0.1) is 0 Å². The highest BCUT2D eigenvalue weighted by molar-refractivity contribution is 9.10. The van der Waals surface area contributed by atoms with Gasteiger partial charge in [-0.15, -0.1) is 0 Å². The molecule has 0 bridgehead atoms. The normalized spacial score (nSPS) is 19.2. The van der Waals surface area contributed by atoms with Gasteiger partial charge in [0.05, 0.1) is 31.2 Å². The Labute approximate surface area is 118 Å². The minimum absolute atomic E-state index is 0.118. The third-order valence-electron chi connectivity index (χ3n) is 2.85. The Hall–Kier alpha value is -1.47. The predicted octanol–water partition coefficient (Wildman–Crippen LogP) is 1.16. The molecule has 19 heavy (non-hydrogen) atoms. The number of morpholine rings is 1. The zero-order chi connectivity index (χ0) is 13.8. The molecule has 0 aromatic carbocycles. The summed E-state index contributed by atoms with van der Waals surface area (Å²) in [7, 11) is 0. The highest BCUT2D eigenvalue weighted by atomic mass is 79.9. The van der Waals surface area contributed by atoms with E-state index in [4.69, 9.17) is 9.84 Å². The van der Waals surface area contributed by atoms with Crippen LogP contribution in [0.15, 0.2) is 22.9 Å². The van der Waals surface area contributed by atoms with E-state index in [1.54, 1.807) is 17.2 Å². The van der Waals surface area contributed by atoms with Crippen LogP contribution in [0.3, 0.4) is 0 Å². The summed E-state index contributed by atoms with van der Waals surface area (Å²) < 4.78 is 5.95. The second kappa shape index (κ2) is 6.12. The summed E-state index contributed by atoms with van der Waals surface area (Å²) in [5.74, 6) is -1.16. The first-order chi connectivity index (χ1) is 9.08. The lowest BCUT2D eigenvalue weighted by atomic mass is 10.1. The molecular weight excluding hydrogens is 316 g/mol. The van der Waals surface area contributed by atoms with Crippen LogP contribution in [0.25, 0.3) is 0 Å². The maximum absolute atomic E-state index is 12.4. The Bertz CT molecular complexity index is 494. The van der Waals surface area contributed by atoms with Crippen LogP contribution in [-0.2, 0) is 9.53 Å². The molecule has 0 saturated carbocycles. The number of carboxylic acids is 1. The van der Waals surface area contributed by atoms with Gasteiger partial charge in [-0.1, -0.05) is 0 Å². The van der Waals surface area contributed by atoms with Gasteiger partial charge < -0.3 is 14.7 Å². The van der Waals surface area contributed by atoms with Crippen molar-refractivity contribution in [2.24, 2.45) is 0 Å². The van der Waals surface area contributed by atoms with Gasteiger partial charge in [0.25, 0.3) is 5.91 Å². The van der Waals surface area contributed by atoms with Crippen LogP contribution >= 0.6 is 15.9 Å². The van der Waals surface area contributed by atoms with Gasteiger partial charge in [0.1, 0.15) is 0 Å². The number of aromatic nitrogens is 1. The van der Waals surface area contributed by atoms with Crippen molar-refractivity contribution in [1.29, 1.82) is 0 Å². The van der Waals surface area contributed by atoms with E-state index in [1.165, 1.54) is 6.20 Å². The molecule has 0 radical (unpaired) electrons. The van der Waals surface area contributed by atoms with Crippen molar-refractivity contribution in [1.82, 2.24) is 9.88 Å². The third kappa shape index (κ3) is 3.51. The summed E-state index contributed by atoms with van der Waals surface area (Å²) in [6, 6.07) is 1.24. The number of hydrogen-bond donors (Lipinski definition) is 1. The zero-order valence-electron chi connectivity index (χ0n) is 10.1. The molecule has 1 aromatic heterocycles. The van der Waals surface area contributed by atoms with Crippen molar-refractivity contribution in [2.45, 2.75) is 12.5 Å². The average Bonchev–Trinajstić information content (AvgIpc) is 2.38. The first-order valence-corrected chi connectivity index (χ1v) is 6.58. The van der Waals surface area contributed by atoms with Gasteiger partial charge in [0, 0.05) is 23.4 Å². The smallest absolute Gasteiger partial charge is 0.305 e. The van der Waals surface area contributed by atoms with Crippen molar-refractivity contribution >= 4 is 27.8 Å².